The number of hydrogen-bond donors (Lipinski definition) is 3. The molecule has 0 saturated heterocycles. The van der Waals surface area contributed by atoms with Crippen molar-refractivity contribution >= 4 is 29.1 Å². The number of carbonyl (C=O) groups excluding carboxylic acids is 2. The molecule has 0 aliphatic rings. The van der Waals surface area contributed by atoms with Crippen molar-refractivity contribution in [2.24, 2.45) is 0 Å². The zero-order valence-electron chi connectivity index (χ0n) is 12.5. The molecular formula is C15H22ClN3O2. The molecule has 0 aliphatic carbocycles. The Labute approximate surface area is 130 Å². The number of anilines is 1. The van der Waals surface area contributed by atoms with Crippen molar-refractivity contribution in [3.63, 3.8) is 0 Å². The molecule has 0 unspecified atom stereocenters. The van der Waals surface area contributed by atoms with Gasteiger partial charge in [-0.05, 0) is 31.0 Å². The van der Waals surface area contributed by atoms with Crippen LogP contribution in [-0.4, -0.2) is 31.4 Å². The van der Waals surface area contributed by atoms with E-state index in [1.165, 1.54) is 0 Å². The van der Waals surface area contributed by atoms with Crippen LogP contribution in [0.5, 0.6) is 0 Å². The zero-order chi connectivity index (χ0) is 15.7. The molecule has 0 radical (unpaired) electrons. The molecule has 0 aromatic heterocycles. The summed E-state index contributed by atoms with van der Waals surface area (Å²) in [4.78, 5) is 23.1. The molecule has 0 bridgehead atoms. The monoisotopic (exact) mass is 311 g/mol. The molecule has 0 aliphatic heterocycles. The molecule has 3 N–H and O–H groups in total. The normalized spacial score (nSPS) is 10.2. The van der Waals surface area contributed by atoms with Gasteiger partial charge in [-0.3, -0.25) is 9.59 Å². The fraction of sp³-hybridized carbons (Fsp3) is 0.467. The van der Waals surface area contributed by atoms with Gasteiger partial charge in [0.1, 0.15) is 0 Å². The van der Waals surface area contributed by atoms with E-state index in [0.29, 0.717) is 30.2 Å². The quantitative estimate of drug-likeness (QED) is 0.644. The summed E-state index contributed by atoms with van der Waals surface area (Å²) >= 11 is 5.89. The lowest BCUT2D eigenvalue weighted by atomic mass is 10.2. The maximum absolute atomic E-state index is 11.8. The average molecular weight is 312 g/mol. The van der Waals surface area contributed by atoms with Gasteiger partial charge in [-0.25, -0.2) is 0 Å². The van der Waals surface area contributed by atoms with Crippen LogP contribution in [0.4, 0.5) is 5.69 Å². The van der Waals surface area contributed by atoms with E-state index in [4.69, 9.17) is 11.6 Å². The minimum absolute atomic E-state index is 0.00422. The van der Waals surface area contributed by atoms with E-state index in [0.717, 1.165) is 12.0 Å². The summed E-state index contributed by atoms with van der Waals surface area (Å²) in [5.74, 6) is -0.162. The Balaban J connectivity index is 2.25. The molecule has 116 valence electrons. The summed E-state index contributed by atoms with van der Waals surface area (Å²) in [5, 5.41) is 9.09. The zero-order valence-corrected chi connectivity index (χ0v) is 13.2. The molecule has 1 rings (SSSR count). The Kier molecular flexibility index (Phi) is 7.79. The van der Waals surface area contributed by atoms with Gasteiger partial charge in [-0.15, -0.1) is 0 Å². The lowest BCUT2D eigenvalue weighted by Gasteiger charge is -2.09. The van der Waals surface area contributed by atoms with Gasteiger partial charge in [-0.1, -0.05) is 24.6 Å². The summed E-state index contributed by atoms with van der Waals surface area (Å²) in [6.45, 7) is 5.22. The first-order valence-corrected chi connectivity index (χ1v) is 7.44. The lowest BCUT2D eigenvalue weighted by molar-refractivity contribution is -0.121. The number of nitrogens with one attached hydrogen (secondary N) is 3. The summed E-state index contributed by atoms with van der Waals surface area (Å²) in [6, 6.07) is 5.34. The van der Waals surface area contributed by atoms with Crippen molar-refractivity contribution in [3.8, 4) is 0 Å². The van der Waals surface area contributed by atoms with Crippen LogP contribution in [0, 0.1) is 6.92 Å². The molecule has 2 amide bonds. The third kappa shape index (κ3) is 7.11. The Hall–Kier alpha value is -1.59. The van der Waals surface area contributed by atoms with E-state index in [1.807, 2.05) is 19.9 Å². The second-order valence-electron chi connectivity index (χ2n) is 4.78. The molecule has 5 nitrogen and oxygen atoms in total. The van der Waals surface area contributed by atoms with Crippen molar-refractivity contribution in [2.75, 3.05) is 25.0 Å². The van der Waals surface area contributed by atoms with Gasteiger partial charge in [0, 0.05) is 30.2 Å². The largest absolute Gasteiger partial charge is 0.356 e. The summed E-state index contributed by atoms with van der Waals surface area (Å²) < 4.78 is 0. The van der Waals surface area contributed by atoms with Gasteiger partial charge in [-0.2, -0.15) is 0 Å². The van der Waals surface area contributed by atoms with Crippen LogP contribution in [0.1, 0.15) is 25.3 Å². The lowest BCUT2D eigenvalue weighted by Crippen LogP contribution is -2.32. The fourth-order valence-electron chi connectivity index (χ4n) is 1.68. The standard InChI is InChI=1S/C15H22ClN3O2/c1-3-7-18-14(20)6-8-17-10-15(21)19-13-9-12(16)5-4-11(13)2/h4-5,9,17H,3,6-8,10H2,1-2H3,(H,18,20)(H,19,21). The Morgan fingerprint density at radius 3 is 2.67 bits per heavy atom. The third-order valence-corrected chi connectivity index (χ3v) is 3.10. The highest BCUT2D eigenvalue weighted by Gasteiger charge is 2.06. The predicted molar refractivity (Wildman–Crippen MR) is 85.6 cm³/mol. The first kappa shape index (κ1) is 17.5. The van der Waals surface area contributed by atoms with E-state index in [1.54, 1.807) is 12.1 Å². The summed E-state index contributed by atoms with van der Waals surface area (Å²) in [7, 11) is 0. The highest BCUT2D eigenvalue weighted by Crippen LogP contribution is 2.19. The first-order chi connectivity index (χ1) is 10.0. The van der Waals surface area contributed by atoms with E-state index in [2.05, 4.69) is 16.0 Å². The number of hydrogen-bond acceptors (Lipinski definition) is 3. The third-order valence-electron chi connectivity index (χ3n) is 2.86. The van der Waals surface area contributed by atoms with Crippen LogP contribution in [0.15, 0.2) is 18.2 Å². The van der Waals surface area contributed by atoms with Gasteiger partial charge >= 0.3 is 0 Å². The van der Waals surface area contributed by atoms with Gasteiger partial charge in [0.25, 0.3) is 0 Å². The predicted octanol–water partition coefficient (Wildman–Crippen LogP) is 2.09. The van der Waals surface area contributed by atoms with Crippen molar-refractivity contribution < 1.29 is 9.59 Å². The number of rotatable bonds is 8. The van der Waals surface area contributed by atoms with Crippen LogP contribution in [0.2, 0.25) is 5.02 Å². The molecule has 0 heterocycles. The van der Waals surface area contributed by atoms with Crippen LogP contribution in [0.3, 0.4) is 0 Å². The minimum atomic E-state index is -0.158. The number of carbonyl (C=O) groups is 2. The van der Waals surface area contributed by atoms with Gasteiger partial charge in [0.15, 0.2) is 0 Å². The highest BCUT2D eigenvalue weighted by molar-refractivity contribution is 6.31. The Bertz CT molecular complexity index is 492. The molecule has 0 saturated carbocycles. The topological polar surface area (TPSA) is 70.2 Å². The van der Waals surface area contributed by atoms with Crippen LogP contribution >= 0.6 is 11.6 Å². The fourth-order valence-corrected chi connectivity index (χ4v) is 1.85. The van der Waals surface area contributed by atoms with Gasteiger partial charge in [0.2, 0.25) is 11.8 Å². The van der Waals surface area contributed by atoms with E-state index < -0.39 is 0 Å². The van der Waals surface area contributed by atoms with Crippen LogP contribution in [0.25, 0.3) is 0 Å². The minimum Gasteiger partial charge on any atom is -0.356 e. The van der Waals surface area contributed by atoms with Gasteiger partial charge < -0.3 is 16.0 Å². The number of amides is 2. The van der Waals surface area contributed by atoms with E-state index >= 15 is 0 Å². The first-order valence-electron chi connectivity index (χ1n) is 7.06. The molecular weight excluding hydrogens is 290 g/mol. The van der Waals surface area contributed by atoms with Crippen molar-refractivity contribution in [1.82, 2.24) is 10.6 Å². The van der Waals surface area contributed by atoms with Crippen molar-refractivity contribution in [2.45, 2.75) is 26.7 Å². The molecule has 1 aromatic rings. The maximum atomic E-state index is 11.8. The molecule has 21 heavy (non-hydrogen) atoms. The summed E-state index contributed by atoms with van der Waals surface area (Å²) in [6.07, 6.45) is 1.28. The maximum Gasteiger partial charge on any atom is 0.238 e. The van der Waals surface area contributed by atoms with Crippen LogP contribution < -0.4 is 16.0 Å². The second-order valence-corrected chi connectivity index (χ2v) is 5.22. The van der Waals surface area contributed by atoms with Crippen LogP contribution in [-0.2, 0) is 9.59 Å². The Morgan fingerprint density at radius 1 is 1.19 bits per heavy atom. The van der Waals surface area contributed by atoms with Crippen molar-refractivity contribution in [1.29, 1.82) is 0 Å². The number of halogens is 1. The smallest absolute Gasteiger partial charge is 0.238 e. The van der Waals surface area contributed by atoms with E-state index in [9.17, 15) is 9.59 Å². The Morgan fingerprint density at radius 2 is 1.95 bits per heavy atom. The molecule has 6 heteroatoms. The molecule has 0 fully saturated rings. The SMILES string of the molecule is CCCNC(=O)CCNCC(=O)Nc1cc(Cl)ccc1C. The molecule has 0 spiro atoms. The average Bonchev–Trinajstić information content (AvgIpc) is 2.45. The van der Waals surface area contributed by atoms with E-state index in [-0.39, 0.29) is 18.4 Å². The number of aryl methyl sites for hydroxylation is 1. The van der Waals surface area contributed by atoms with Gasteiger partial charge in [0.05, 0.1) is 6.54 Å². The number of benzene rings is 1. The molecule has 1 aromatic carbocycles. The molecule has 0 atom stereocenters. The summed E-state index contributed by atoms with van der Waals surface area (Å²) in [5.41, 5.74) is 1.65. The highest BCUT2D eigenvalue weighted by atomic mass is 35.5. The van der Waals surface area contributed by atoms with Crippen molar-refractivity contribution in [3.05, 3.63) is 28.8 Å². The second kappa shape index (κ2) is 9.37.